The van der Waals surface area contributed by atoms with Gasteiger partial charge in [0.25, 0.3) is 5.91 Å². The minimum atomic E-state index is -0.577. The second kappa shape index (κ2) is 9.29. The SMILES string of the molecule is COc1ccc(-c2nnc3ccc(OCCNC(=O)c4ccccc4F)nn23)c(OC)c1. The summed E-state index contributed by atoms with van der Waals surface area (Å²) in [6.07, 6.45) is 0. The van der Waals surface area contributed by atoms with Crippen LogP contribution in [-0.4, -0.2) is 53.1 Å². The van der Waals surface area contributed by atoms with Gasteiger partial charge in [-0.15, -0.1) is 15.3 Å². The molecule has 2 aromatic heterocycles. The molecule has 1 amide bonds. The van der Waals surface area contributed by atoms with Gasteiger partial charge in [-0.05, 0) is 30.3 Å². The van der Waals surface area contributed by atoms with Crippen LogP contribution < -0.4 is 19.5 Å². The van der Waals surface area contributed by atoms with Gasteiger partial charge in [-0.3, -0.25) is 4.79 Å². The Morgan fingerprint density at radius 3 is 2.69 bits per heavy atom. The van der Waals surface area contributed by atoms with E-state index in [1.54, 1.807) is 44.6 Å². The Morgan fingerprint density at radius 2 is 1.91 bits per heavy atom. The van der Waals surface area contributed by atoms with Gasteiger partial charge in [-0.1, -0.05) is 12.1 Å². The second-order valence-electron chi connectivity index (χ2n) is 6.62. The molecule has 0 fully saturated rings. The van der Waals surface area contributed by atoms with Crippen molar-refractivity contribution in [2.45, 2.75) is 0 Å². The summed E-state index contributed by atoms with van der Waals surface area (Å²) in [5.74, 6) is 0.899. The molecule has 0 bridgehead atoms. The maximum atomic E-state index is 13.7. The zero-order chi connectivity index (χ0) is 22.5. The van der Waals surface area contributed by atoms with Gasteiger partial charge in [-0.2, -0.15) is 4.52 Å². The number of ether oxygens (including phenoxy) is 3. The lowest BCUT2D eigenvalue weighted by molar-refractivity contribution is 0.0942. The topological polar surface area (TPSA) is 99.9 Å². The first kappa shape index (κ1) is 21.0. The van der Waals surface area contributed by atoms with Gasteiger partial charge in [0.15, 0.2) is 11.5 Å². The van der Waals surface area contributed by atoms with Crippen LogP contribution in [0.2, 0.25) is 0 Å². The van der Waals surface area contributed by atoms with E-state index in [0.717, 1.165) is 0 Å². The van der Waals surface area contributed by atoms with Crippen molar-refractivity contribution in [3.8, 4) is 28.8 Å². The van der Waals surface area contributed by atoms with Crippen LogP contribution in [-0.2, 0) is 0 Å². The molecule has 0 atom stereocenters. The predicted octanol–water partition coefficient (Wildman–Crippen LogP) is 2.76. The molecule has 32 heavy (non-hydrogen) atoms. The maximum absolute atomic E-state index is 13.7. The number of carbonyl (C=O) groups excluding carboxylic acids is 1. The predicted molar refractivity (Wildman–Crippen MR) is 114 cm³/mol. The molecule has 0 unspecified atom stereocenters. The number of rotatable bonds is 8. The summed E-state index contributed by atoms with van der Waals surface area (Å²) in [6.45, 7) is 0.316. The Morgan fingerprint density at radius 1 is 1.06 bits per heavy atom. The Kier molecular flexibility index (Phi) is 6.11. The molecule has 0 aliphatic heterocycles. The minimum Gasteiger partial charge on any atom is -0.497 e. The molecule has 164 valence electrons. The van der Waals surface area contributed by atoms with Crippen LogP contribution in [0.3, 0.4) is 0 Å². The monoisotopic (exact) mass is 437 g/mol. The van der Waals surface area contributed by atoms with Gasteiger partial charge in [0.2, 0.25) is 5.88 Å². The molecular formula is C22H20FN5O4. The highest BCUT2D eigenvalue weighted by Crippen LogP contribution is 2.32. The second-order valence-corrected chi connectivity index (χ2v) is 6.62. The van der Waals surface area contributed by atoms with Crippen molar-refractivity contribution >= 4 is 11.6 Å². The Balaban J connectivity index is 1.46. The van der Waals surface area contributed by atoms with E-state index in [1.165, 1.54) is 22.7 Å². The van der Waals surface area contributed by atoms with E-state index >= 15 is 0 Å². The lowest BCUT2D eigenvalue weighted by Gasteiger charge is -2.10. The summed E-state index contributed by atoms with van der Waals surface area (Å²) in [7, 11) is 3.13. The molecule has 4 aromatic rings. The standard InChI is InChI=1S/C22H20FN5O4/c1-30-14-7-8-16(18(13-14)31-2)21-26-25-19-9-10-20(27-28(19)21)32-12-11-24-22(29)15-5-3-4-6-17(15)23/h3-10,13H,11-12H2,1-2H3,(H,24,29). The fourth-order valence-corrected chi connectivity index (χ4v) is 3.06. The van der Waals surface area contributed by atoms with E-state index in [4.69, 9.17) is 14.2 Å². The van der Waals surface area contributed by atoms with Crippen LogP contribution >= 0.6 is 0 Å². The van der Waals surface area contributed by atoms with Crippen molar-refractivity contribution in [2.24, 2.45) is 0 Å². The van der Waals surface area contributed by atoms with E-state index in [-0.39, 0.29) is 18.7 Å². The van der Waals surface area contributed by atoms with Crippen molar-refractivity contribution in [2.75, 3.05) is 27.4 Å². The van der Waals surface area contributed by atoms with E-state index in [0.29, 0.717) is 34.4 Å². The number of nitrogens with zero attached hydrogens (tertiary/aromatic N) is 4. The number of hydrogen-bond donors (Lipinski definition) is 1. The maximum Gasteiger partial charge on any atom is 0.254 e. The van der Waals surface area contributed by atoms with Gasteiger partial charge in [0, 0.05) is 12.1 Å². The van der Waals surface area contributed by atoms with Gasteiger partial charge in [0.05, 0.1) is 31.9 Å². The van der Waals surface area contributed by atoms with Crippen molar-refractivity contribution in [1.29, 1.82) is 0 Å². The molecule has 1 N–H and O–H groups in total. The number of methoxy groups -OCH3 is 2. The first-order valence-electron chi connectivity index (χ1n) is 9.71. The number of aromatic nitrogens is 4. The normalized spacial score (nSPS) is 10.7. The highest BCUT2D eigenvalue weighted by atomic mass is 19.1. The molecule has 0 aliphatic carbocycles. The number of nitrogens with one attached hydrogen (secondary N) is 1. The van der Waals surface area contributed by atoms with Crippen LogP contribution in [0.15, 0.2) is 54.6 Å². The number of carbonyl (C=O) groups is 1. The summed E-state index contributed by atoms with van der Waals surface area (Å²) >= 11 is 0. The highest BCUT2D eigenvalue weighted by molar-refractivity contribution is 5.94. The Hall–Kier alpha value is -4.21. The molecule has 0 saturated carbocycles. The smallest absolute Gasteiger partial charge is 0.254 e. The van der Waals surface area contributed by atoms with Crippen molar-refractivity contribution in [3.05, 3.63) is 66.0 Å². The molecule has 0 spiro atoms. The molecule has 2 aromatic carbocycles. The van der Waals surface area contributed by atoms with Crippen LogP contribution in [0, 0.1) is 5.82 Å². The van der Waals surface area contributed by atoms with Gasteiger partial charge in [0.1, 0.15) is 23.9 Å². The van der Waals surface area contributed by atoms with Crippen LogP contribution in [0.25, 0.3) is 17.0 Å². The van der Waals surface area contributed by atoms with E-state index in [1.807, 2.05) is 6.07 Å². The molecule has 0 saturated heterocycles. The molecule has 2 heterocycles. The Bertz CT molecular complexity index is 1260. The summed E-state index contributed by atoms with van der Waals surface area (Å²) in [5, 5.41) is 15.4. The fourth-order valence-electron chi connectivity index (χ4n) is 3.06. The number of halogens is 1. The first-order valence-corrected chi connectivity index (χ1v) is 9.71. The summed E-state index contributed by atoms with van der Waals surface area (Å²) in [6, 6.07) is 14.5. The summed E-state index contributed by atoms with van der Waals surface area (Å²) in [4.78, 5) is 12.1. The molecule has 10 heteroatoms. The number of hydrogen-bond acceptors (Lipinski definition) is 7. The quantitative estimate of drug-likeness (QED) is 0.423. The molecule has 0 aliphatic rings. The average molecular weight is 437 g/mol. The van der Waals surface area contributed by atoms with Gasteiger partial charge in [-0.25, -0.2) is 4.39 Å². The van der Waals surface area contributed by atoms with Gasteiger partial charge >= 0.3 is 0 Å². The largest absolute Gasteiger partial charge is 0.497 e. The third kappa shape index (κ3) is 4.29. The van der Waals surface area contributed by atoms with E-state index in [9.17, 15) is 9.18 Å². The third-order valence-electron chi connectivity index (χ3n) is 4.64. The van der Waals surface area contributed by atoms with Gasteiger partial charge < -0.3 is 19.5 Å². The van der Waals surface area contributed by atoms with Crippen molar-refractivity contribution in [3.63, 3.8) is 0 Å². The molecule has 9 nitrogen and oxygen atoms in total. The minimum absolute atomic E-state index is 0.0189. The lowest BCUT2D eigenvalue weighted by atomic mass is 10.2. The van der Waals surface area contributed by atoms with E-state index in [2.05, 4.69) is 20.6 Å². The zero-order valence-corrected chi connectivity index (χ0v) is 17.4. The van der Waals surface area contributed by atoms with E-state index < -0.39 is 11.7 Å². The lowest BCUT2D eigenvalue weighted by Crippen LogP contribution is -2.28. The highest BCUT2D eigenvalue weighted by Gasteiger charge is 2.16. The average Bonchev–Trinajstić information content (AvgIpc) is 3.24. The van der Waals surface area contributed by atoms with Crippen molar-refractivity contribution in [1.82, 2.24) is 25.1 Å². The summed E-state index contributed by atoms with van der Waals surface area (Å²) < 4.78 is 31.5. The first-order chi connectivity index (χ1) is 15.6. The number of amides is 1. The molecule has 4 rings (SSSR count). The summed E-state index contributed by atoms with van der Waals surface area (Å²) in [5.41, 5.74) is 1.19. The molecular weight excluding hydrogens is 417 g/mol. The Labute approximate surface area is 182 Å². The molecule has 0 radical (unpaired) electrons. The number of fused-ring (bicyclic) bond motifs is 1. The number of benzene rings is 2. The third-order valence-corrected chi connectivity index (χ3v) is 4.64. The van der Waals surface area contributed by atoms with Crippen LogP contribution in [0.4, 0.5) is 4.39 Å². The fraction of sp³-hybridized carbons (Fsp3) is 0.182. The van der Waals surface area contributed by atoms with Crippen LogP contribution in [0.5, 0.6) is 17.4 Å². The van der Waals surface area contributed by atoms with Crippen LogP contribution in [0.1, 0.15) is 10.4 Å². The van der Waals surface area contributed by atoms with Crippen molar-refractivity contribution < 1.29 is 23.4 Å². The zero-order valence-electron chi connectivity index (χ0n) is 17.4.